The third kappa shape index (κ3) is 2.77. The van der Waals surface area contributed by atoms with E-state index in [0.29, 0.717) is 26.2 Å². The molecule has 0 bridgehead atoms. The summed E-state index contributed by atoms with van der Waals surface area (Å²) >= 11 is 0. The van der Waals surface area contributed by atoms with Crippen LogP contribution in [0.15, 0.2) is 24.3 Å². The number of nitrogens with two attached hydrogens (primary N) is 1. The highest BCUT2D eigenvalue weighted by molar-refractivity contribution is 5.99. The van der Waals surface area contributed by atoms with Gasteiger partial charge in [-0.05, 0) is 18.1 Å². The van der Waals surface area contributed by atoms with E-state index in [1.807, 2.05) is 24.3 Å². The van der Waals surface area contributed by atoms with Gasteiger partial charge in [0, 0.05) is 12.2 Å². The zero-order valence-electron chi connectivity index (χ0n) is 11.7. The molecule has 2 unspecified atom stereocenters. The largest absolute Gasteiger partial charge is 0.376 e. The van der Waals surface area contributed by atoms with Gasteiger partial charge < -0.3 is 20.1 Å². The van der Waals surface area contributed by atoms with E-state index < -0.39 is 6.10 Å². The van der Waals surface area contributed by atoms with Crippen molar-refractivity contribution in [3.05, 3.63) is 29.8 Å². The molecule has 0 radical (unpaired) electrons. The highest BCUT2D eigenvalue weighted by atomic mass is 16.6. The van der Waals surface area contributed by atoms with Crippen molar-refractivity contribution in [2.24, 2.45) is 11.7 Å². The van der Waals surface area contributed by atoms with E-state index in [2.05, 4.69) is 0 Å². The topological polar surface area (TPSA) is 81.9 Å². The minimum absolute atomic E-state index is 0.173. The van der Waals surface area contributed by atoms with Crippen molar-refractivity contribution in [1.29, 1.82) is 0 Å². The number of primary amides is 1. The first kappa shape index (κ1) is 14.0. The van der Waals surface area contributed by atoms with Gasteiger partial charge in [-0.3, -0.25) is 9.59 Å². The molecule has 2 aliphatic rings. The number of anilines is 1. The number of nitrogens with zero attached hydrogens (tertiary/aromatic N) is 1. The standard InChI is InChI=1S/C15H18N2O4/c16-14(18)11-7-10-3-1-2-4-12(10)17(8-11)15(19)13-9-20-5-6-21-13/h1-4,11,13H,5-9H2,(H2,16,18). The molecule has 2 aliphatic heterocycles. The molecule has 2 N–H and O–H groups in total. The predicted octanol–water partition coefficient (Wildman–Crippen LogP) is 0.0926. The summed E-state index contributed by atoms with van der Waals surface area (Å²) in [6, 6.07) is 7.57. The van der Waals surface area contributed by atoms with Crippen LogP contribution in [-0.2, 0) is 25.5 Å². The van der Waals surface area contributed by atoms with Gasteiger partial charge in [0.2, 0.25) is 5.91 Å². The number of ether oxygens (including phenoxy) is 2. The average Bonchev–Trinajstić information content (AvgIpc) is 2.54. The van der Waals surface area contributed by atoms with Gasteiger partial charge in [-0.2, -0.15) is 0 Å². The summed E-state index contributed by atoms with van der Waals surface area (Å²) in [6.45, 7) is 1.46. The lowest BCUT2D eigenvalue weighted by Crippen LogP contribution is -2.51. The maximum absolute atomic E-state index is 12.7. The maximum Gasteiger partial charge on any atom is 0.258 e. The monoisotopic (exact) mass is 290 g/mol. The lowest BCUT2D eigenvalue weighted by molar-refractivity contribution is -0.145. The molecule has 2 amide bonds. The predicted molar refractivity (Wildman–Crippen MR) is 75.7 cm³/mol. The normalized spacial score (nSPS) is 25.2. The van der Waals surface area contributed by atoms with Gasteiger partial charge in [-0.15, -0.1) is 0 Å². The zero-order valence-corrected chi connectivity index (χ0v) is 11.7. The van der Waals surface area contributed by atoms with E-state index >= 15 is 0 Å². The van der Waals surface area contributed by atoms with Crippen LogP contribution in [0.1, 0.15) is 5.56 Å². The number of benzene rings is 1. The Morgan fingerprint density at radius 1 is 1.24 bits per heavy atom. The highest BCUT2D eigenvalue weighted by Crippen LogP contribution is 2.30. The van der Waals surface area contributed by atoms with E-state index in [4.69, 9.17) is 15.2 Å². The molecule has 1 fully saturated rings. The lowest BCUT2D eigenvalue weighted by atomic mass is 9.91. The number of carbonyl (C=O) groups excluding carboxylic acids is 2. The van der Waals surface area contributed by atoms with Crippen molar-refractivity contribution in [2.45, 2.75) is 12.5 Å². The van der Waals surface area contributed by atoms with Crippen molar-refractivity contribution in [3.8, 4) is 0 Å². The first-order valence-electron chi connectivity index (χ1n) is 7.05. The van der Waals surface area contributed by atoms with Crippen molar-refractivity contribution < 1.29 is 19.1 Å². The molecule has 6 nitrogen and oxygen atoms in total. The molecule has 2 heterocycles. The fourth-order valence-electron chi connectivity index (χ4n) is 2.80. The Morgan fingerprint density at radius 3 is 2.76 bits per heavy atom. The molecule has 2 atom stereocenters. The first-order chi connectivity index (χ1) is 10.2. The Bertz CT molecular complexity index is 554. The second kappa shape index (κ2) is 5.83. The van der Waals surface area contributed by atoms with E-state index in [0.717, 1.165) is 11.3 Å². The molecule has 21 heavy (non-hydrogen) atoms. The molecule has 3 rings (SSSR count). The van der Waals surface area contributed by atoms with Crippen LogP contribution in [0.2, 0.25) is 0 Å². The molecule has 0 aromatic heterocycles. The SMILES string of the molecule is NC(=O)C1Cc2ccccc2N(C(=O)C2COCCO2)C1. The smallest absolute Gasteiger partial charge is 0.258 e. The minimum atomic E-state index is -0.613. The summed E-state index contributed by atoms with van der Waals surface area (Å²) in [5.41, 5.74) is 7.22. The van der Waals surface area contributed by atoms with Gasteiger partial charge in [0.05, 0.1) is 25.7 Å². The molecule has 112 valence electrons. The van der Waals surface area contributed by atoms with Gasteiger partial charge >= 0.3 is 0 Å². The third-order valence-corrected chi connectivity index (χ3v) is 3.91. The number of hydrogen-bond donors (Lipinski definition) is 1. The number of amides is 2. The number of rotatable bonds is 2. The fraction of sp³-hybridized carbons (Fsp3) is 0.467. The zero-order chi connectivity index (χ0) is 14.8. The molecular formula is C15H18N2O4. The first-order valence-corrected chi connectivity index (χ1v) is 7.05. The van der Waals surface area contributed by atoms with Gasteiger partial charge in [0.15, 0.2) is 6.10 Å². The van der Waals surface area contributed by atoms with Crippen LogP contribution in [-0.4, -0.2) is 44.3 Å². The Balaban J connectivity index is 1.88. The van der Waals surface area contributed by atoms with Crippen molar-refractivity contribution >= 4 is 17.5 Å². The second-order valence-electron chi connectivity index (χ2n) is 5.32. The number of carbonyl (C=O) groups is 2. The van der Waals surface area contributed by atoms with Crippen LogP contribution in [0.5, 0.6) is 0 Å². The Labute approximate surface area is 122 Å². The quantitative estimate of drug-likeness (QED) is 0.837. The molecular weight excluding hydrogens is 272 g/mol. The van der Waals surface area contributed by atoms with Crippen LogP contribution in [0, 0.1) is 5.92 Å². The summed E-state index contributed by atoms with van der Waals surface area (Å²) in [6.07, 6.45) is -0.0458. The van der Waals surface area contributed by atoms with Crippen molar-refractivity contribution in [2.75, 3.05) is 31.3 Å². The number of fused-ring (bicyclic) bond motifs is 1. The fourth-order valence-corrected chi connectivity index (χ4v) is 2.80. The second-order valence-corrected chi connectivity index (χ2v) is 5.32. The van der Waals surface area contributed by atoms with E-state index in [-0.39, 0.29) is 24.3 Å². The summed E-state index contributed by atoms with van der Waals surface area (Å²) in [5, 5.41) is 0. The van der Waals surface area contributed by atoms with Gasteiger partial charge in [0.1, 0.15) is 0 Å². The third-order valence-electron chi connectivity index (χ3n) is 3.91. The van der Waals surface area contributed by atoms with E-state index in [1.54, 1.807) is 4.90 Å². The molecule has 1 aromatic rings. The summed E-state index contributed by atoms with van der Waals surface area (Å²) in [7, 11) is 0. The van der Waals surface area contributed by atoms with Crippen LogP contribution in [0.3, 0.4) is 0 Å². The van der Waals surface area contributed by atoms with E-state index in [9.17, 15) is 9.59 Å². The Kier molecular flexibility index (Phi) is 3.90. The summed E-state index contributed by atoms with van der Waals surface area (Å²) in [5.74, 6) is -0.926. The average molecular weight is 290 g/mol. The van der Waals surface area contributed by atoms with Crippen LogP contribution in [0.4, 0.5) is 5.69 Å². The number of para-hydroxylation sites is 1. The lowest BCUT2D eigenvalue weighted by Gasteiger charge is -2.36. The molecule has 0 aliphatic carbocycles. The van der Waals surface area contributed by atoms with Crippen LogP contribution in [0.25, 0.3) is 0 Å². The minimum Gasteiger partial charge on any atom is -0.376 e. The number of hydrogen-bond acceptors (Lipinski definition) is 4. The Hall–Kier alpha value is -1.92. The molecule has 1 aromatic carbocycles. The summed E-state index contributed by atoms with van der Waals surface area (Å²) in [4.78, 5) is 25.8. The maximum atomic E-state index is 12.7. The van der Waals surface area contributed by atoms with E-state index in [1.165, 1.54) is 0 Å². The summed E-state index contributed by atoms with van der Waals surface area (Å²) < 4.78 is 10.8. The van der Waals surface area contributed by atoms with Crippen LogP contribution < -0.4 is 10.6 Å². The van der Waals surface area contributed by atoms with Crippen molar-refractivity contribution in [1.82, 2.24) is 0 Å². The molecule has 0 spiro atoms. The van der Waals surface area contributed by atoms with Crippen LogP contribution >= 0.6 is 0 Å². The van der Waals surface area contributed by atoms with Gasteiger partial charge in [-0.1, -0.05) is 18.2 Å². The molecule has 0 saturated carbocycles. The molecule has 6 heteroatoms. The highest BCUT2D eigenvalue weighted by Gasteiger charge is 2.35. The molecule has 1 saturated heterocycles. The van der Waals surface area contributed by atoms with Gasteiger partial charge in [0.25, 0.3) is 5.91 Å². The Morgan fingerprint density at radius 2 is 2.05 bits per heavy atom. The van der Waals surface area contributed by atoms with Crippen molar-refractivity contribution in [3.63, 3.8) is 0 Å². The van der Waals surface area contributed by atoms with Gasteiger partial charge in [-0.25, -0.2) is 0 Å².